The molecule has 1 aromatic carbocycles. The van der Waals surface area contributed by atoms with E-state index >= 15 is 0 Å². The van der Waals surface area contributed by atoms with Gasteiger partial charge in [-0.2, -0.15) is 5.10 Å². The molecule has 0 radical (unpaired) electrons. The van der Waals surface area contributed by atoms with Crippen LogP contribution in [-0.4, -0.2) is 14.6 Å². The van der Waals surface area contributed by atoms with E-state index in [4.69, 9.17) is 23.2 Å². The van der Waals surface area contributed by atoms with Crippen molar-refractivity contribution in [2.75, 3.05) is 0 Å². The molecule has 90 valence electrons. The monoisotopic (exact) mass is 341 g/mol. The lowest BCUT2D eigenvalue weighted by atomic mass is 10.1. The summed E-state index contributed by atoms with van der Waals surface area (Å²) in [5.74, 6) is 0. The highest BCUT2D eigenvalue weighted by Crippen LogP contribution is 2.27. The van der Waals surface area contributed by atoms with Gasteiger partial charge in [-0.3, -0.25) is 0 Å². The van der Waals surface area contributed by atoms with Crippen molar-refractivity contribution in [2.24, 2.45) is 0 Å². The average molecular weight is 343 g/mol. The quantitative estimate of drug-likeness (QED) is 0.611. The molecule has 0 aliphatic carbocycles. The molecule has 0 fully saturated rings. The summed E-state index contributed by atoms with van der Waals surface area (Å²) in [6.45, 7) is 0. The van der Waals surface area contributed by atoms with Crippen LogP contribution >= 0.6 is 39.1 Å². The van der Waals surface area contributed by atoms with Crippen molar-refractivity contribution in [3.05, 3.63) is 51.3 Å². The molecule has 0 saturated carbocycles. The maximum Gasteiger partial charge on any atom is 0.166 e. The van der Waals surface area contributed by atoms with E-state index < -0.39 is 0 Å². The van der Waals surface area contributed by atoms with Crippen molar-refractivity contribution in [1.82, 2.24) is 14.6 Å². The lowest BCUT2D eigenvalue weighted by molar-refractivity contribution is 0.940. The van der Waals surface area contributed by atoms with Crippen LogP contribution in [0.3, 0.4) is 0 Å². The van der Waals surface area contributed by atoms with Gasteiger partial charge in [-0.05, 0) is 17.7 Å². The Balaban J connectivity index is 2.27. The van der Waals surface area contributed by atoms with Gasteiger partial charge >= 0.3 is 0 Å². The lowest BCUT2D eigenvalue weighted by Crippen LogP contribution is -1.92. The predicted octanol–water partition coefficient (Wildman–Crippen LogP) is 4.47. The van der Waals surface area contributed by atoms with Crippen LogP contribution in [0, 0.1) is 0 Å². The summed E-state index contributed by atoms with van der Waals surface area (Å²) < 4.78 is 2.58. The first-order valence-corrected chi connectivity index (χ1v) is 6.66. The van der Waals surface area contributed by atoms with E-state index in [0.717, 1.165) is 15.6 Å². The molecule has 2 aromatic heterocycles. The Bertz CT molecular complexity index is 722. The molecule has 0 saturated heterocycles. The molecule has 3 nitrogen and oxygen atoms in total. The Hall–Kier alpha value is -1.10. The molecule has 0 amide bonds. The first-order chi connectivity index (χ1) is 8.65. The van der Waals surface area contributed by atoms with E-state index in [1.807, 2.05) is 24.3 Å². The minimum atomic E-state index is 0.353. The summed E-state index contributed by atoms with van der Waals surface area (Å²) >= 11 is 15.4. The number of hydrogen-bond acceptors (Lipinski definition) is 2. The molecule has 0 aliphatic rings. The normalized spacial score (nSPS) is 11.1. The van der Waals surface area contributed by atoms with Crippen molar-refractivity contribution in [2.45, 2.75) is 0 Å². The van der Waals surface area contributed by atoms with Gasteiger partial charge in [-0.1, -0.05) is 51.3 Å². The van der Waals surface area contributed by atoms with Gasteiger partial charge in [0.05, 0.1) is 6.20 Å². The van der Waals surface area contributed by atoms with Crippen LogP contribution in [0.4, 0.5) is 0 Å². The van der Waals surface area contributed by atoms with Crippen LogP contribution in [0.1, 0.15) is 0 Å². The largest absolute Gasteiger partial charge is 0.216 e. The Kier molecular flexibility index (Phi) is 3.01. The van der Waals surface area contributed by atoms with Gasteiger partial charge in [0, 0.05) is 16.1 Å². The fourth-order valence-corrected chi connectivity index (χ4v) is 2.46. The van der Waals surface area contributed by atoms with Gasteiger partial charge in [-0.25, -0.2) is 9.50 Å². The Morgan fingerprint density at radius 2 is 1.83 bits per heavy atom. The van der Waals surface area contributed by atoms with Gasteiger partial charge in [0.25, 0.3) is 0 Å². The van der Waals surface area contributed by atoms with Crippen molar-refractivity contribution >= 4 is 44.8 Å². The fraction of sp³-hybridized carbons (Fsp3) is 0. The van der Waals surface area contributed by atoms with Crippen molar-refractivity contribution in [1.29, 1.82) is 0 Å². The molecule has 0 aliphatic heterocycles. The Morgan fingerprint density at radius 1 is 1.11 bits per heavy atom. The molecular formula is C12H6BrCl2N3. The van der Waals surface area contributed by atoms with Gasteiger partial charge in [0.15, 0.2) is 5.65 Å². The molecule has 0 N–H and O–H groups in total. The molecule has 3 rings (SSSR count). The highest BCUT2D eigenvalue weighted by Gasteiger charge is 2.11. The van der Waals surface area contributed by atoms with Gasteiger partial charge in [-0.15, -0.1) is 0 Å². The topological polar surface area (TPSA) is 30.2 Å². The van der Waals surface area contributed by atoms with E-state index in [9.17, 15) is 0 Å². The predicted molar refractivity (Wildman–Crippen MR) is 76.1 cm³/mol. The zero-order chi connectivity index (χ0) is 12.7. The number of benzene rings is 1. The van der Waals surface area contributed by atoms with Crippen LogP contribution in [0.15, 0.2) is 41.0 Å². The van der Waals surface area contributed by atoms with Crippen LogP contribution in [-0.2, 0) is 0 Å². The third kappa shape index (κ3) is 2.00. The van der Waals surface area contributed by atoms with Crippen LogP contribution < -0.4 is 0 Å². The minimum absolute atomic E-state index is 0.353. The Morgan fingerprint density at radius 3 is 2.56 bits per heavy atom. The molecule has 0 unspecified atom stereocenters. The molecule has 6 heteroatoms. The second kappa shape index (κ2) is 4.53. The van der Waals surface area contributed by atoms with Crippen LogP contribution in [0.5, 0.6) is 0 Å². The molecule has 0 atom stereocenters. The first-order valence-electron chi connectivity index (χ1n) is 5.11. The summed E-state index contributed by atoms with van der Waals surface area (Å²) in [7, 11) is 0. The summed E-state index contributed by atoms with van der Waals surface area (Å²) in [5, 5.41) is 5.00. The lowest BCUT2D eigenvalue weighted by Gasteiger charge is -2.01. The van der Waals surface area contributed by atoms with E-state index in [1.54, 1.807) is 16.8 Å². The smallest absolute Gasteiger partial charge is 0.166 e. The van der Waals surface area contributed by atoms with Crippen LogP contribution in [0.2, 0.25) is 10.3 Å². The van der Waals surface area contributed by atoms with Gasteiger partial charge < -0.3 is 0 Å². The molecule has 0 bridgehead atoms. The minimum Gasteiger partial charge on any atom is -0.216 e. The maximum absolute atomic E-state index is 6.06. The summed E-state index contributed by atoms with van der Waals surface area (Å²) in [5.41, 5.74) is 2.56. The molecule has 0 spiro atoms. The van der Waals surface area contributed by atoms with Crippen molar-refractivity contribution < 1.29 is 0 Å². The second-order valence-corrected chi connectivity index (χ2v) is 5.39. The number of fused-ring (bicyclic) bond motifs is 1. The van der Waals surface area contributed by atoms with Gasteiger partial charge in [0.1, 0.15) is 10.3 Å². The number of nitrogens with zero attached hydrogens (tertiary/aromatic N) is 3. The zero-order valence-electron chi connectivity index (χ0n) is 8.94. The fourth-order valence-electron chi connectivity index (χ4n) is 1.73. The van der Waals surface area contributed by atoms with Gasteiger partial charge in [0.2, 0.25) is 0 Å². The zero-order valence-corrected chi connectivity index (χ0v) is 12.0. The number of hydrogen-bond donors (Lipinski definition) is 0. The maximum atomic E-state index is 6.06. The van der Waals surface area contributed by atoms with E-state index in [2.05, 4.69) is 26.0 Å². The third-order valence-electron chi connectivity index (χ3n) is 2.55. The Labute approximate surface area is 121 Å². The van der Waals surface area contributed by atoms with Crippen molar-refractivity contribution in [3.8, 4) is 11.1 Å². The van der Waals surface area contributed by atoms with E-state index in [1.165, 1.54) is 0 Å². The van der Waals surface area contributed by atoms with E-state index in [-0.39, 0.29) is 0 Å². The molecular weight excluding hydrogens is 337 g/mol. The third-order valence-corrected chi connectivity index (χ3v) is 3.54. The standard InChI is InChI=1S/C12H6BrCl2N3/c13-8-3-1-7(2-4-8)9-6-16-18-11(15)5-10(14)17-12(9)18/h1-6H. The summed E-state index contributed by atoms with van der Waals surface area (Å²) in [4.78, 5) is 4.26. The molecule has 2 heterocycles. The highest BCUT2D eigenvalue weighted by molar-refractivity contribution is 9.10. The van der Waals surface area contributed by atoms with Crippen molar-refractivity contribution in [3.63, 3.8) is 0 Å². The van der Waals surface area contributed by atoms with E-state index in [0.29, 0.717) is 16.0 Å². The highest BCUT2D eigenvalue weighted by atomic mass is 79.9. The second-order valence-electron chi connectivity index (χ2n) is 3.70. The average Bonchev–Trinajstić information content (AvgIpc) is 2.74. The molecule has 18 heavy (non-hydrogen) atoms. The summed E-state index contributed by atoms with van der Waals surface area (Å²) in [6, 6.07) is 9.46. The summed E-state index contributed by atoms with van der Waals surface area (Å²) in [6.07, 6.45) is 1.73. The first kappa shape index (κ1) is 12.0. The number of halogens is 3. The SMILES string of the molecule is Clc1cc(Cl)n2ncc(-c3ccc(Br)cc3)c2n1. The van der Waals surface area contributed by atoms with Crippen LogP contribution in [0.25, 0.3) is 16.8 Å². The molecule has 3 aromatic rings. The number of rotatable bonds is 1. The number of aromatic nitrogens is 3.